The average molecular weight is 462 g/mol. The van der Waals surface area contributed by atoms with Gasteiger partial charge in [0.15, 0.2) is 0 Å². The summed E-state index contributed by atoms with van der Waals surface area (Å²) in [5, 5.41) is 22.1. The number of nitro benzene ring substituents is 1. The van der Waals surface area contributed by atoms with Crippen molar-refractivity contribution in [2.45, 2.75) is 25.1 Å². The molecule has 0 aromatic heterocycles. The topological polar surface area (TPSA) is 83.7 Å². The third-order valence-corrected chi connectivity index (χ3v) is 4.88. The molecule has 172 valence electrons. The second kappa shape index (κ2) is 8.99. The standard InChI is InChI=1S/C23H18F4N2O4/c1-22(31,14-15-7-9-16(24)10-8-15)21(30)28(17-5-3-2-4-6-17)18-11-12-20(29(32)33)19(13-18)23(25,26)27/h2-13,31H,14H2,1H3. The van der Waals surface area contributed by atoms with Crippen LogP contribution < -0.4 is 4.90 Å². The van der Waals surface area contributed by atoms with Crippen LogP contribution in [0.25, 0.3) is 0 Å². The smallest absolute Gasteiger partial charge is 0.380 e. The molecule has 0 saturated carbocycles. The molecule has 1 atom stereocenters. The summed E-state index contributed by atoms with van der Waals surface area (Å²) in [7, 11) is 0. The number of rotatable bonds is 6. The van der Waals surface area contributed by atoms with Crippen molar-refractivity contribution in [3.63, 3.8) is 0 Å². The number of nitro groups is 1. The van der Waals surface area contributed by atoms with Gasteiger partial charge in [0, 0.05) is 18.2 Å². The van der Waals surface area contributed by atoms with Gasteiger partial charge in [-0.15, -0.1) is 0 Å². The predicted molar refractivity (Wildman–Crippen MR) is 112 cm³/mol. The average Bonchev–Trinajstić information content (AvgIpc) is 2.75. The first kappa shape index (κ1) is 23.9. The number of alkyl halides is 3. The van der Waals surface area contributed by atoms with E-state index in [0.29, 0.717) is 17.7 Å². The molecule has 3 aromatic carbocycles. The molecule has 0 aliphatic carbocycles. The highest BCUT2D eigenvalue weighted by Crippen LogP contribution is 2.40. The Morgan fingerprint density at radius 1 is 1.00 bits per heavy atom. The van der Waals surface area contributed by atoms with Gasteiger partial charge in [0.1, 0.15) is 17.0 Å². The Kier molecular flexibility index (Phi) is 6.50. The highest BCUT2D eigenvalue weighted by atomic mass is 19.4. The van der Waals surface area contributed by atoms with Gasteiger partial charge in [-0.05, 0) is 48.9 Å². The molecule has 0 aliphatic heterocycles. The zero-order chi connectivity index (χ0) is 24.4. The lowest BCUT2D eigenvalue weighted by Gasteiger charge is -2.31. The van der Waals surface area contributed by atoms with Gasteiger partial charge in [0.05, 0.1) is 10.6 Å². The monoisotopic (exact) mass is 462 g/mol. The van der Waals surface area contributed by atoms with Gasteiger partial charge in [-0.25, -0.2) is 4.39 Å². The van der Waals surface area contributed by atoms with Crippen LogP contribution >= 0.6 is 0 Å². The fraction of sp³-hybridized carbons (Fsp3) is 0.174. The van der Waals surface area contributed by atoms with Gasteiger partial charge in [0.25, 0.3) is 11.6 Å². The molecule has 1 amide bonds. The van der Waals surface area contributed by atoms with Gasteiger partial charge < -0.3 is 5.11 Å². The molecular formula is C23H18F4N2O4. The summed E-state index contributed by atoms with van der Waals surface area (Å²) in [6.45, 7) is 1.19. The molecule has 3 rings (SSSR count). The van der Waals surface area contributed by atoms with Crippen molar-refractivity contribution in [1.29, 1.82) is 0 Å². The Balaban J connectivity index is 2.10. The highest BCUT2D eigenvalue weighted by molar-refractivity contribution is 6.05. The minimum Gasteiger partial charge on any atom is -0.380 e. The van der Waals surface area contributed by atoms with Crippen molar-refractivity contribution in [2.24, 2.45) is 0 Å². The molecule has 33 heavy (non-hydrogen) atoms. The number of nitrogens with zero attached hydrogens (tertiary/aromatic N) is 2. The largest absolute Gasteiger partial charge is 0.423 e. The van der Waals surface area contributed by atoms with Gasteiger partial charge >= 0.3 is 6.18 Å². The molecule has 0 saturated heterocycles. The summed E-state index contributed by atoms with van der Waals surface area (Å²) in [4.78, 5) is 24.2. The molecule has 0 heterocycles. The van der Waals surface area contributed by atoms with Crippen LogP contribution in [0.5, 0.6) is 0 Å². The van der Waals surface area contributed by atoms with E-state index in [-0.39, 0.29) is 17.8 Å². The van der Waals surface area contributed by atoms with Crippen molar-refractivity contribution in [3.05, 3.63) is 99.9 Å². The van der Waals surface area contributed by atoms with Crippen LogP contribution in [-0.4, -0.2) is 21.5 Å². The van der Waals surface area contributed by atoms with E-state index in [1.807, 2.05) is 0 Å². The lowest BCUT2D eigenvalue weighted by atomic mass is 9.94. The lowest BCUT2D eigenvalue weighted by Crippen LogP contribution is -2.47. The molecule has 10 heteroatoms. The lowest BCUT2D eigenvalue weighted by molar-refractivity contribution is -0.388. The second-order valence-corrected chi connectivity index (χ2v) is 7.51. The van der Waals surface area contributed by atoms with Crippen LogP contribution in [0.4, 0.5) is 34.6 Å². The maximum absolute atomic E-state index is 13.5. The minimum absolute atomic E-state index is 0.142. The number of carbonyl (C=O) groups is 1. The number of hydrogen-bond acceptors (Lipinski definition) is 4. The zero-order valence-corrected chi connectivity index (χ0v) is 17.2. The second-order valence-electron chi connectivity index (χ2n) is 7.51. The summed E-state index contributed by atoms with van der Waals surface area (Å²) in [6, 6.07) is 14.8. The van der Waals surface area contributed by atoms with Crippen molar-refractivity contribution in [2.75, 3.05) is 4.90 Å². The van der Waals surface area contributed by atoms with Crippen molar-refractivity contribution in [3.8, 4) is 0 Å². The number of halogens is 4. The molecule has 0 bridgehead atoms. The van der Waals surface area contributed by atoms with Crippen molar-refractivity contribution < 1.29 is 32.4 Å². The fourth-order valence-corrected chi connectivity index (χ4v) is 3.33. The van der Waals surface area contributed by atoms with E-state index in [2.05, 4.69) is 0 Å². The number of aliphatic hydroxyl groups is 1. The number of amides is 1. The number of hydrogen-bond donors (Lipinski definition) is 1. The van der Waals surface area contributed by atoms with Crippen molar-refractivity contribution >= 4 is 23.0 Å². The molecule has 0 radical (unpaired) electrons. The summed E-state index contributed by atoms with van der Waals surface area (Å²) in [5.41, 5.74) is -4.55. The zero-order valence-electron chi connectivity index (χ0n) is 17.2. The van der Waals surface area contributed by atoms with Gasteiger partial charge in [-0.2, -0.15) is 13.2 Å². The van der Waals surface area contributed by atoms with Crippen LogP contribution in [0.3, 0.4) is 0 Å². The highest BCUT2D eigenvalue weighted by Gasteiger charge is 2.41. The maximum Gasteiger partial charge on any atom is 0.423 e. The van der Waals surface area contributed by atoms with E-state index in [1.165, 1.54) is 31.2 Å². The van der Waals surface area contributed by atoms with E-state index in [9.17, 15) is 37.6 Å². The molecule has 1 unspecified atom stereocenters. The van der Waals surface area contributed by atoms with Crippen LogP contribution in [0.2, 0.25) is 0 Å². The van der Waals surface area contributed by atoms with Gasteiger partial charge in [0.2, 0.25) is 0 Å². The quantitative estimate of drug-likeness (QED) is 0.302. The SMILES string of the molecule is CC(O)(Cc1ccc(F)cc1)C(=O)N(c1ccccc1)c1ccc([N+](=O)[O-])c(C(F)(F)F)c1. The number of carbonyl (C=O) groups excluding carboxylic acids is 1. The summed E-state index contributed by atoms with van der Waals surface area (Å²) < 4.78 is 53.8. The fourth-order valence-electron chi connectivity index (χ4n) is 3.33. The van der Waals surface area contributed by atoms with Gasteiger partial charge in [-0.1, -0.05) is 30.3 Å². The van der Waals surface area contributed by atoms with E-state index >= 15 is 0 Å². The van der Waals surface area contributed by atoms with Crippen LogP contribution in [0.1, 0.15) is 18.1 Å². The molecule has 3 aromatic rings. The Morgan fingerprint density at radius 2 is 1.61 bits per heavy atom. The Morgan fingerprint density at radius 3 is 2.15 bits per heavy atom. The van der Waals surface area contributed by atoms with Crippen LogP contribution in [-0.2, 0) is 17.4 Å². The van der Waals surface area contributed by atoms with E-state index in [1.54, 1.807) is 18.2 Å². The summed E-state index contributed by atoms with van der Waals surface area (Å²) in [6.07, 6.45) is -5.31. The number of benzene rings is 3. The Labute approximate surface area is 185 Å². The first-order valence-corrected chi connectivity index (χ1v) is 9.62. The molecule has 0 spiro atoms. The number of para-hydroxylation sites is 1. The van der Waals surface area contributed by atoms with E-state index in [4.69, 9.17) is 0 Å². The Hall–Kier alpha value is -3.79. The predicted octanol–water partition coefficient (Wildman–Crippen LogP) is 5.41. The van der Waals surface area contributed by atoms with Crippen molar-refractivity contribution in [1.82, 2.24) is 0 Å². The summed E-state index contributed by atoms with van der Waals surface area (Å²) in [5.74, 6) is -1.49. The summed E-state index contributed by atoms with van der Waals surface area (Å²) >= 11 is 0. The first-order chi connectivity index (χ1) is 15.4. The van der Waals surface area contributed by atoms with Gasteiger partial charge in [-0.3, -0.25) is 19.8 Å². The third kappa shape index (κ3) is 5.35. The molecule has 6 nitrogen and oxygen atoms in total. The Bertz CT molecular complexity index is 1160. The van der Waals surface area contributed by atoms with E-state index in [0.717, 1.165) is 23.1 Å². The van der Waals surface area contributed by atoms with E-state index < -0.39 is 39.7 Å². The molecule has 0 aliphatic rings. The first-order valence-electron chi connectivity index (χ1n) is 9.62. The molecular weight excluding hydrogens is 444 g/mol. The van der Waals surface area contributed by atoms with Crippen LogP contribution in [0.15, 0.2) is 72.8 Å². The normalized spacial score (nSPS) is 13.3. The molecule has 0 fully saturated rings. The molecule has 1 N–H and O–H groups in total. The minimum atomic E-state index is -5.06. The number of anilines is 2. The maximum atomic E-state index is 13.5. The van der Waals surface area contributed by atoms with Crippen LogP contribution in [0, 0.1) is 15.9 Å². The third-order valence-electron chi connectivity index (χ3n) is 4.88.